The topological polar surface area (TPSA) is 74.7 Å². The number of nitrogens with zero attached hydrogens (tertiary/aromatic N) is 1. The van der Waals surface area contributed by atoms with Crippen LogP contribution in [0.3, 0.4) is 0 Å². The average Bonchev–Trinajstić information content (AvgIpc) is 3.03. The minimum Gasteiger partial charge on any atom is -0.478 e. The first-order valence-corrected chi connectivity index (χ1v) is 8.36. The number of carboxylic acids is 1. The van der Waals surface area contributed by atoms with Gasteiger partial charge in [0.05, 0.1) is 15.5 Å². The van der Waals surface area contributed by atoms with Crippen molar-refractivity contribution in [3.05, 3.63) is 28.5 Å². The third-order valence-corrected chi connectivity index (χ3v) is 6.48. The van der Waals surface area contributed by atoms with Crippen LogP contribution in [0.25, 0.3) is 0 Å². The lowest BCUT2D eigenvalue weighted by atomic mass is 10.1. The molecule has 2 atom stereocenters. The fourth-order valence-corrected chi connectivity index (χ4v) is 5.15. The van der Waals surface area contributed by atoms with Gasteiger partial charge in [0.25, 0.3) is 0 Å². The molecule has 1 N–H and O–H groups in total. The van der Waals surface area contributed by atoms with Gasteiger partial charge in [-0.15, -0.1) is 0 Å². The first kappa shape index (κ1) is 14.7. The van der Waals surface area contributed by atoms with Gasteiger partial charge in [-0.2, -0.15) is 4.31 Å². The summed E-state index contributed by atoms with van der Waals surface area (Å²) in [7, 11) is -3.89. The van der Waals surface area contributed by atoms with E-state index in [4.69, 9.17) is 16.7 Å². The molecular weight excluding hydrogens is 321 g/mol. The molecule has 0 radical (unpaired) electrons. The number of piperidine rings is 1. The Kier molecular flexibility index (Phi) is 3.46. The van der Waals surface area contributed by atoms with E-state index >= 15 is 0 Å². The lowest BCUT2D eigenvalue weighted by molar-refractivity contribution is 0.0696. The molecule has 0 aromatic heterocycles. The second-order valence-corrected chi connectivity index (χ2v) is 7.75. The van der Waals surface area contributed by atoms with Crippen LogP contribution in [0.1, 0.15) is 29.6 Å². The van der Waals surface area contributed by atoms with Crippen molar-refractivity contribution in [1.29, 1.82) is 0 Å². The average molecular weight is 334 g/mol. The van der Waals surface area contributed by atoms with Crippen molar-refractivity contribution in [3.63, 3.8) is 0 Å². The van der Waals surface area contributed by atoms with Gasteiger partial charge in [0, 0.05) is 12.6 Å². The molecule has 1 aliphatic carbocycles. The minimum atomic E-state index is -3.89. The molecule has 1 aliphatic heterocycles. The summed E-state index contributed by atoms with van der Waals surface area (Å²) in [4.78, 5) is 10.7. The van der Waals surface area contributed by atoms with Crippen LogP contribution in [0.4, 0.5) is 4.39 Å². The smallest absolute Gasteiger partial charge is 0.337 e. The third-order valence-electron chi connectivity index (χ3n) is 4.20. The van der Waals surface area contributed by atoms with Crippen LogP contribution in [-0.4, -0.2) is 36.4 Å². The Hall–Kier alpha value is -1.18. The van der Waals surface area contributed by atoms with E-state index in [2.05, 4.69) is 0 Å². The molecule has 114 valence electrons. The lowest BCUT2D eigenvalue weighted by Crippen LogP contribution is -2.37. The molecule has 2 unspecified atom stereocenters. The van der Waals surface area contributed by atoms with E-state index in [9.17, 15) is 17.6 Å². The number of halogens is 2. The zero-order chi connectivity index (χ0) is 15.4. The minimum absolute atomic E-state index is 0.0629. The molecule has 1 aromatic carbocycles. The second-order valence-electron chi connectivity index (χ2n) is 5.48. The number of benzene rings is 1. The molecule has 5 nitrogen and oxygen atoms in total. The molecule has 1 aromatic rings. The maximum atomic E-state index is 13.7. The summed E-state index contributed by atoms with van der Waals surface area (Å²) in [6, 6.07) is 1.65. The van der Waals surface area contributed by atoms with Gasteiger partial charge in [0.15, 0.2) is 0 Å². The van der Waals surface area contributed by atoms with Gasteiger partial charge in [-0.25, -0.2) is 17.6 Å². The lowest BCUT2D eigenvalue weighted by Gasteiger charge is -2.26. The number of rotatable bonds is 3. The van der Waals surface area contributed by atoms with E-state index < -0.39 is 32.4 Å². The molecule has 21 heavy (non-hydrogen) atoms. The van der Waals surface area contributed by atoms with Gasteiger partial charge in [0.2, 0.25) is 10.0 Å². The summed E-state index contributed by atoms with van der Waals surface area (Å²) in [6.07, 6.45) is 2.62. The number of carbonyl (C=O) groups is 1. The first-order chi connectivity index (χ1) is 9.80. The van der Waals surface area contributed by atoms with Gasteiger partial charge in [-0.3, -0.25) is 0 Å². The molecular formula is C13H13ClFNO4S. The highest BCUT2D eigenvalue weighted by molar-refractivity contribution is 7.89. The number of fused-ring (bicyclic) bond motifs is 2. The maximum absolute atomic E-state index is 13.7. The molecule has 3 rings (SSSR count). The number of sulfonamides is 1. The zero-order valence-corrected chi connectivity index (χ0v) is 12.5. The fourth-order valence-electron chi connectivity index (χ4n) is 3.18. The number of hydrogen-bond acceptors (Lipinski definition) is 3. The Labute approximate surface area is 126 Å². The molecule has 0 amide bonds. The second kappa shape index (κ2) is 4.93. The molecule has 2 bridgehead atoms. The Bertz CT molecular complexity index is 721. The van der Waals surface area contributed by atoms with Crippen LogP contribution in [0.15, 0.2) is 17.0 Å². The van der Waals surface area contributed by atoms with Gasteiger partial charge >= 0.3 is 5.97 Å². The Morgan fingerprint density at radius 3 is 2.62 bits per heavy atom. The molecule has 8 heteroatoms. The van der Waals surface area contributed by atoms with E-state index in [1.807, 2.05) is 0 Å². The molecule has 2 aliphatic rings. The van der Waals surface area contributed by atoms with Crippen LogP contribution in [0, 0.1) is 11.7 Å². The van der Waals surface area contributed by atoms with Crippen molar-refractivity contribution >= 4 is 27.6 Å². The fraction of sp³-hybridized carbons (Fsp3) is 0.462. The largest absolute Gasteiger partial charge is 0.478 e. The van der Waals surface area contributed by atoms with Crippen LogP contribution in [-0.2, 0) is 10.0 Å². The predicted octanol–water partition coefficient (Wildman–Crippen LogP) is 2.35. The highest BCUT2D eigenvalue weighted by Gasteiger charge is 2.44. The van der Waals surface area contributed by atoms with Gasteiger partial charge < -0.3 is 5.11 Å². The van der Waals surface area contributed by atoms with Crippen LogP contribution in [0.5, 0.6) is 0 Å². The van der Waals surface area contributed by atoms with Crippen LogP contribution < -0.4 is 0 Å². The summed E-state index contributed by atoms with van der Waals surface area (Å²) in [5.41, 5.74) is -0.542. The van der Waals surface area contributed by atoms with Gasteiger partial charge in [0.1, 0.15) is 5.82 Å². The quantitative estimate of drug-likeness (QED) is 0.921. The summed E-state index contributed by atoms with van der Waals surface area (Å²) < 4.78 is 40.3. The van der Waals surface area contributed by atoms with Crippen molar-refractivity contribution in [2.45, 2.75) is 30.2 Å². The molecule has 1 heterocycles. The number of hydrogen-bond donors (Lipinski definition) is 1. The summed E-state index contributed by atoms with van der Waals surface area (Å²) in [5, 5.41) is 8.41. The van der Waals surface area contributed by atoms with Gasteiger partial charge in [-0.05, 0) is 37.3 Å². The Morgan fingerprint density at radius 1 is 1.38 bits per heavy atom. The summed E-state index contributed by atoms with van der Waals surface area (Å²) in [6.45, 7) is 0.416. The van der Waals surface area contributed by atoms with E-state index in [0.717, 1.165) is 31.4 Å². The van der Waals surface area contributed by atoms with Crippen molar-refractivity contribution < 1.29 is 22.7 Å². The summed E-state index contributed by atoms with van der Waals surface area (Å²) >= 11 is 5.57. The van der Waals surface area contributed by atoms with E-state index in [-0.39, 0.29) is 10.9 Å². The SMILES string of the molecule is O=C(O)c1cc(S(=O)(=O)N2CC3CCC2C3)cc(F)c1Cl. The predicted molar refractivity (Wildman–Crippen MR) is 73.4 cm³/mol. The Balaban J connectivity index is 2.05. The highest BCUT2D eigenvalue weighted by Crippen LogP contribution is 2.41. The van der Waals surface area contributed by atoms with Crippen molar-refractivity contribution in [3.8, 4) is 0 Å². The van der Waals surface area contributed by atoms with E-state index in [1.165, 1.54) is 4.31 Å². The van der Waals surface area contributed by atoms with Crippen molar-refractivity contribution in [2.75, 3.05) is 6.54 Å². The third kappa shape index (κ3) is 2.33. The standard InChI is InChI=1S/C13H13ClFNO4S/c14-12-10(13(17)18)4-9(5-11(12)15)21(19,20)16-6-7-1-2-8(16)3-7/h4-5,7-8H,1-3,6H2,(H,17,18). The maximum Gasteiger partial charge on any atom is 0.337 e. The first-order valence-electron chi connectivity index (χ1n) is 6.55. The number of carboxylic acid groups (broad SMARTS) is 1. The van der Waals surface area contributed by atoms with Crippen molar-refractivity contribution in [1.82, 2.24) is 4.31 Å². The van der Waals surface area contributed by atoms with Crippen LogP contribution in [0.2, 0.25) is 5.02 Å². The molecule has 2 fully saturated rings. The zero-order valence-electron chi connectivity index (χ0n) is 10.9. The van der Waals surface area contributed by atoms with Crippen LogP contribution >= 0.6 is 11.6 Å². The summed E-state index contributed by atoms with van der Waals surface area (Å²) in [5.74, 6) is -2.15. The molecule has 0 spiro atoms. The van der Waals surface area contributed by atoms with Crippen molar-refractivity contribution in [2.24, 2.45) is 5.92 Å². The molecule has 1 saturated carbocycles. The van der Waals surface area contributed by atoms with Gasteiger partial charge in [-0.1, -0.05) is 11.6 Å². The normalized spacial score (nSPS) is 25.4. The van der Waals surface area contributed by atoms with E-state index in [0.29, 0.717) is 12.5 Å². The number of aromatic carboxylic acids is 1. The van der Waals surface area contributed by atoms with E-state index in [1.54, 1.807) is 0 Å². The monoisotopic (exact) mass is 333 g/mol. The molecule has 1 saturated heterocycles. The Morgan fingerprint density at radius 2 is 2.10 bits per heavy atom. The highest BCUT2D eigenvalue weighted by atomic mass is 35.5.